The zero-order valence-electron chi connectivity index (χ0n) is 16.3. The Morgan fingerprint density at radius 1 is 1.14 bits per heavy atom. The number of rotatable bonds is 10. The van der Waals surface area contributed by atoms with E-state index in [4.69, 9.17) is 14.6 Å². The quantitative estimate of drug-likeness (QED) is 0.464. The van der Waals surface area contributed by atoms with Gasteiger partial charge >= 0.3 is 12.1 Å². The van der Waals surface area contributed by atoms with Crippen LogP contribution in [0.5, 0.6) is 0 Å². The number of carbonyl (C=O) groups is 3. The second-order valence-corrected chi connectivity index (χ2v) is 7.08. The number of carboxylic acids is 1. The highest BCUT2D eigenvalue weighted by Gasteiger charge is 2.26. The van der Waals surface area contributed by atoms with E-state index < -0.39 is 35.7 Å². The number of carboxylic acid groups (broad SMARTS) is 1. The molecular formula is C19H28N2O7. The fraction of sp³-hybridized carbons (Fsp3) is 0.526. The number of hydrogen-bond donors (Lipinski definition) is 4. The van der Waals surface area contributed by atoms with Gasteiger partial charge in [-0.25, -0.2) is 9.59 Å². The SMILES string of the molecule is CC(C)(C)OC(=O)NC(CNC(=O)C(CCO)OCc1ccccc1)C(=O)O. The molecule has 0 heterocycles. The number of alkyl carbamates (subject to hydrolysis) is 1. The second-order valence-electron chi connectivity index (χ2n) is 7.08. The molecule has 9 heteroatoms. The van der Waals surface area contributed by atoms with Crippen LogP contribution in [0.15, 0.2) is 30.3 Å². The van der Waals surface area contributed by atoms with Gasteiger partial charge in [0.2, 0.25) is 5.91 Å². The van der Waals surface area contributed by atoms with E-state index in [1.54, 1.807) is 20.8 Å². The van der Waals surface area contributed by atoms with Crippen LogP contribution in [0, 0.1) is 0 Å². The van der Waals surface area contributed by atoms with Crippen molar-refractivity contribution in [2.24, 2.45) is 0 Å². The van der Waals surface area contributed by atoms with Crippen molar-refractivity contribution in [3.63, 3.8) is 0 Å². The van der Waals surface area contributed by atoms with Crippen LogP contribution in [0.25, 0.3) is 0 Å². The molecule has 0 aliphatic heterocycles. The first-order chi connectivity index (χ1) is 13.1. The van der Waals surface area contributed by atoms with Crippen LogP contribution in [0.3, 0.4) is 0 Å². The van der Waals surface area contributed by atoms with E-state index in [1.165, 1.54) is 0 Å². The average Bonchev–Trinajstić information content (AvgIpc) is 2.61. The Balaban J connectivity index is 2.59. The molecule has 2 amide bonds. The van der Waals surface area contributed by atoms with E-state index in [0.717, 1.165) is 5.56 Å². The number of benzene rings is 1. The van der Waals surface area contributed by atoms with Gasteiger partial charge in [0.1, 0.15) is 17.7 Å². The summed E-state index contributed by atoms with van der Waals surface area (Å²) in [6, 6.07) is 7.81. The Bertz CT molecular complexity index is 643. The van der Waals surface area contributed by atoms with Crippen LogP contribution < -0.4 is 10.6 Å². The summed E-state index contributed by atoms with van der Waals surface area (Å²) in [6.45, 7) is 4.47. The summed E-state index contributed by atoms with van der Waals surface area (Å²) < 4.78 is 10.6. The lowest BCUT2D eigenvalue weighted by atomic mass is 10.2. The maximum Gasteiger partial charge on any atom is 0.408 e. The molecule has 156 valence electrons. The maximum absolute atomic E-state index is 12.3. The molecule has 28 heavy (non-hydrogen) atoms. The van der Waals surface area contributed by atoms with Gasteiger partial charge in [0, 0.05) is 19.6 Å². The molecule has 0 bridgehead atoms. The van der Waals surface area contributed by atoms with Gasteiger partial charge in [0.15, 0.2) is 0 Å². The number of amides is 2. The van der Waals surface area contributed by atoms with Crippen molar-refractivity contribution in [3.05, 3.63) is 35.9 Å². The predicted octanol–water partition coefficient (Wildman–Crippen LogP) is 1.05. The number of aliphatic hydroxyl groups excluding tert-OH is 1. The molecule has 0 aromatic heterocycles. The molecule has 0 spiro atoms. The normalized spacial score (nSPS) is 13.3. The minimum absolute atomic E-state index is 0.0515. The van der Waals surface area contributed by atoms with Crippen LogP contribution in [0.1, 0.15) is 32.8 Å². The standard InChI is InChI=1S/C19H28N2O7/c1-19(2,3)28-18(26)21-14(17(24)25)11-20-16(23)15(9-10-22)27-12-13-7-5-4-6-8-13/h4-8,14-15,22H,9-12H2,1-3H3,(H,20,23)(H,21,26)(H,24,25). The molecule has 4 N–H and O–H groups in total. The van der Waals surface area contributed by atoms with Crippen molar-refractivity contribution in [2.45, 2.75) is 51.5 Å². The molecule has 0 fully saturated rings. The van der Waals surface area contributed by atoms with Gasteiger partial charge in [0.05, 0.1) is 6.61 Å². The molecule has 2 unspecified atom stereocenters. The fourth-order valence-electron chi connectivity index (χ4n) is 2.14. The van der Waals surface area contributed by atoms with E-state index in [0.29, 0.717) is 0 Å². The molecule has 9 nitrogen and oxygen atoms in total. The molecule has 0 saturated carbocycles. The lowest BCUT2D eigenvalue weighted by Crippen LogP contribution is -2.51. The zero-order chi connectivity index (χ0) is 21.2. The Labute approximate surface area is 164 Å². The minimum Gasteiger partial charge on any atom is -0.480 e. The third kappa shape index (κ3) is 9.33. The summed E-state index contributed by atoms with van der Waals surface area (Å²) in [5.74, 6) is -1.91. The first kappa shape index (κ1) is 23.4. The summed E-state index contributed by atoms with van der Waals surface area (Å²) in [5.41, 5.74) is 0.0710. The molecule has 0 saturated heterocycles. The highest BCUT2D eigenvalue weighted by molar-refractivity contribution is 5.83. The molecule has 0 aliphatic rings. The Kier molecular flexibility index (Phi) is 9.40. The molecular weight excluding hydrogens is 368 g/mol. The maximum atomic E-state index is 12.3. The van der Waals surface area contributed by atoms with Crippen molar-refractivity contribution in [2.75, 3.05) is 13.2 Å². The number of hydrogen-bond acceptors (Lipinski definition) is 6. The molecule has 0 aliphatic carbocycles. The van der Waals surface area contributed by atoms with E-state index >= 15 is 0 Å². The van der Waals surface area contributed by atoms with Crippen molar-refractivity contribution in [3.8, 4) is 0 Å². The minimum atomic E-state index is -1.37. The van der Waals surface area contributed by atoms with Crippen LogP contribution >= 0.6 is 0 Å². The number of carbonyl (C=O) groups excluding carboxylic acids is 2. The highest BCUT2D eigenvalue weighted by Crippen LogP contribution is 2.08. The smallest absolute Gasteiger partial charge is 0.408 e. The van der Waals surface area contributed by atoms with Crippen molar-refractivity contribution < 1.29 is 34.1 Å². The molecule has 0 radical (unpaired) electrons. The van der Waals surface area contributed by atoms with Gasteiger partial charge in [0.25, 0.3) is 0 Å². The van der Waals surface area contributed by atoms with Gasteiger partial charge < -0.3 is 30.3 Å². The Morgan fingerprint density at radius 2 is 1.79 bits per heavy atom. The largest absolute Gasteiger partial charge is 0.480 e. The van der Waals surface area contributed by atoms with E-state index in [1.807, 2.05) is 30.3 Å². The number of aliphatic hydroxyl groups is 1. The first-order valence-corrected chi connectivity index (χ1v) is 8.89. The second kappa shape index (κ2) is 11.3. The number of nitrogens with one attached hydrogen (secondary N) is 2. The van der Waals surface area contributed by atoms with Crippen LogP contribution in [0.2, 0.25) is 0 Å². The molecule has 1 aromatic rings. The third-order valence-electron chi connectivity index (χ3n) is 3.45. The van der Waals surface area contributed by atoms with Crippen LogP contribution in [-0.4, -0.2) is 59.1 Å². The average molecular weight is 396 g/mol. The van der Waals surface area contributed by atoms with Gasteiger partial charge in [-0.05, 0) is 26.3 Å². The van der Waals surface area contributed by atoms with Gasteiger partial charge in [-0.2, -0.15) is 0 Å². The number of ether oxygens (including phenoxy) is 2. The number of aliphatic carboxylic acids is 1. The van der Waals surface area contributed by atoms with Crippen LogP contribution in [0.4, 0.5) is 4.79 Å². The zero-order valence-corrected chi connectivity index (χ0v) is 16.3. The third-order valence-corrected chi connectivity index (χ3v) is 3.45. The Hall–Kier alpha value is -2.65. The summed E-state index contributed by atoms with van der Waals surface area (Å²) in [6.07, 6.45) is -1.81. The van der Waals surface area contributed by atoms with E-state index in [2.05, 4.69) is 10.6 Å². The summed E-state index contributed by atoms with van der Waals surface area (Å²) in [4.78, 5) is 35.4. The van der Waals surface area contributed by atoms with E-state index in [-0.39, 0.29) is 26.2 Å². The first-order valence-electron chi connectivity index (χ1n) is 8.89. The van der Waals surface area contributed by atoms with Crippen molar-refractivity contribution >= 4 is 18.0 Å². The van der Waals surface area contributed by atoms with Crippen molar-refractivity contribution in [1.82, 2.24) is 10.6 Å². The Morgan fingerprint density at radius 3 is 2.32 bits per heavy atom. The lowest BCUT2D eigenvalue weighted by Gasteiger charge is -2.23. The summed E-state index contributed by atoms with van der Waals surface area (Å²) >= 11 is 0. The molecule has 1 rings (SSSR count). The predicted molar refractivity (Wildman–Crippen MR) is 101 cm³/mol. The highest BCUT2D eigenvalue weighted by atomic mass is 16.6. The molecule has 1 aromatic carbocycles. The van der Waals surface area contributed by atoms with Gasteiger partial charge in [-0.1, -0.05) is 30.3 Å². The van der Waals surface area contributed by atoms with Crippen LogP contribution in [-0.2, 0) is 25.7 Å². The topological polar surface area (TPSA) is 134 Å². The van der Waals surface area contributed by atoms with E-state index in [9.17, 15) is 19.5 Å². The van der Waals surface area contributed by atoms with Gasteiger partial charge in [-0.3, -0.25) is 4.79 Å². The van der Waals surface area contributed by atoms with Crippen molar-refractivity contribution in [1.29, 1.82) is 0 Å². The lowest BCUT2D eigenvalue weighted by molar-refractivity contribution is -0.140. The molecule has 2 atom stereocenters. The monoisotopic (exact) mass is 396 g/mol. The summed E-state index contributed by atoms with van der Waals surface area (Å²) in [7, 11) is 0. The van der Waals surface area contributed by atoms with Gasteiger partial charge in [-0.15, -0.1) is 0 Å². The fourth-order valence-corrected chi connectivity index (χ4v) is 2.14. The summed E-state index contributed by atoms with van der Waals surface area (Å²) in [5, 5.41) is 23.0.